The van der Waals surface area contributed by atoms with Gasteiger partial charge in [0.15, 0.2) is 0 Å². The second kappa shape index (κ2) is 7.80. The van der Waals surface area contributed by atoms with Crippen molar-refractivity contribution in [3.05, 3.63) is 0 Å². The molecule has 0 aliphatic rings. The van der Waals surface area contributed by atoms with Crippen molar-refractivity contribution < 1.29 is 9.53 Å². The zero-order valence-corrected chi connectivity index (χ0v) is 9.88. The molecule has 0 rings (SSSR count). The van der Waals surface area contributed by atoms with Gasteiger partial charge in [0.05, 0.1) is 5.92 Å². The molecule has 0 amide bonds. The van der Waals surface area contributed by atoms with E-state index < -0.39 is 0 Å². The number of carbonyl (C=O) groups excluding carboxylic acids is 1. The molecule has 0 aromatic heterocycles. The summed E-state index contributed by atoms with van der Waals surface area (Å²) in [6.07, 6.45) is 2.87. The first-order valence-corrected chi connectivity index (χ1v) is 5.43. The third kappa shape index (κ3) is 5.97. The average molecular weight is 201 g/mol. The predicted molar refractivity (Wildman–Crippen MR) is 58.2 cm³/mol. The van der Waals surface area contributed by atoms with Crippen molar-refractivity contribution in [1.82, 2.24) is 4.90 Å². The van der Waals surface area contributed by atoms with Crippen molar-refractivity contribution in [3.63, 3.8) is 0 Å². The molecule has 3 heteroatoms. The van der Waals surface area contributed by atoms with Gasteiger partial charge in [0.25, 0.3) is 0 Å². The van der Waals surface area contributed by atoms with Gasteiger partial charge in [-0.2, -0.15) is 0 Å². The Labute approximate surface area is 87.4 Å². The zero-order valence-electron chi connectivity index (χ0n) is 9.88. The van der Waals surface area contributed by atoms with Crippen LogP contribution in [-0.4, -0.2) is 38.1 Å². The van der Waals surface area contributed by atoms with Crippen LogP contribution in [0.5, 0.6) is 0 Å². The molecule has 0 N–H and O–H groups in total. The van der Waals surface area contributed by atoms with Crippen LogP contribution in [0, 0.1) is 5.92 Å². The van der Waals surface area contributed by atoms with Crippen LogP contribution in [0.2, 0.25) is 0 Å². The van der Waals surface area contributed by atoms with Gasteiger partial charge in [-0.05, 0) is 26.9 Å². The maximum Gasteiger partial charge on any atom is 0.308 e. The van der Waals surface area contributed by atoms with E-state index in [4.69, 9.17) is 4.74 Å². The highest BCUT2D eigenvalue weighted by Gasteiger charge is 2.16. The molecule has 0 aromatic rings. The third-order valence-corrected chi connectivity index (χ3v) is 2.25. The fourth-order valence-corrected chi connectivity index (χ4v) is 1.28. The number of hydrogen-bond acceptors (Lipinski definition) is 3. The summed E-state index contributed by atoms with van der Waals surface area (Å²) in [5.74, 6) is 0.0679. The minimum absolute atomic E-state index is 0.0313. The Kier molecular flexibility index (Phi) is 7.48. The fraction of sp³-hybridized carbons (Fsp3) is 0.909. The summed E-state index contributed by atoms with van der Waals surface area (Å²) in [5.41, 5.74) is 0. The number of likely N-dealkylation sites (N-methyl/N-ethyl adjacent to an activating group) is 1. The Balaban J connectivity index is 3.69. The Hall–Kier alpha value is -0.570. The molecular weight excluding hydrogens is 178 g/mol. The highest BCUT2D eigenvalue weighted by atomic mass is 16.5. The maximum absolute atomic E-state index is 11.5. The van der Waals surface area contributed by atoms with Crippen molar-refractivity contribution in [2.24, 2.45) is 5.92 Å². The largest absolute Gasteiger partial charge is 0.464 e. The first kappa shape index (κ1) is 13.4. The monoisotopic (exact) mass is 201 g/mol. The van der Waals surface area contributed by atoms with Crippen molar-refractivity contribution in [2.75, 3.05) is 27.2 Å². The van der Waals surface area contributed by atoms with Crippen molar-refractivity contribution in [2.45, 2.75) is 33.1 Å². The highest BCUT2D eigenvalue weighted by Crippen LogP contribution is 2.12. The quantitative estimate of drug-likeness (QED) is 0.589. The van der Waals surface area contributed by atoms with Crippen LogP contribution in [0.4, 0.5) is 0 Å². The zero-order chi connectivity index (χ0) is 11.0. The highest BCUT2D eigenvalue weighted by molar-refractivity contribution is 5.72. The lowest BCUT2D eigenvalue weighted by Crippen LogP contribution is -2.23. The van der Waals surface area contributed by atoms with E-state index in [0.717, 1.165) is 25.8 Å². The van der Waals surface area contributed by atoms with Crippen LogP contribution in [0.1, 0.15) is 33.1 Å². The number of esters is 1. The molecule has 0 saturated carbocycles. The van der Waals surface area contributed by atoms with E-state index >= 15 is 0 Å². The van der Waals surface area contributed by atoms with Crippen LogP contribution in [0.3, 0.4) is 0 Å². The van der Waals surface area contributed by atoms with E-state index in [9.17, 15) is 4.79 Å². The van der Waals surface area contributed by atoms with Crippen molar-refractivity contribution in [3.8, 4) is 0 Å². The normalized spacial score (nSPS) is 12.9. The fourth-order valence-electron chi connectivity index (χ4n) is 1.28. The standard InChI is InChI=1S/C11H23NO2/c1-5-7-10(6-2)11(13)14-9-8-12(3)4/h10H,5-9H2,1-4H3. The predicted octanol–water partition coefficient (Wildman–Crippen LogP) is 1.92. The average Bonchev–Trinajstić information content (AvgIpc) is 2.13. The smallest absolute Gasteiger partial charge is 0.308 e. The Morgan fingerprint density at radius 2 is 2.00 bits per heavy atom. The van der Waals surface area contributed by atoms with E-state index in [-0.39, 0.29) is 11.9 Å². The number of hydrogen-bond donors (Lipinski definition) is 0. The molecule has 0 bridgehead atoms. The minimum atomic E-state index is -0.0313. The number of nitrogens with zero attached hydrogens (tertiary/aromatic N) is 1. The van der Waals surface area contributed by atoms with Gasteiger partial charge in [-0.1, -0.05) is 20.3 Å². The summed E-state index contributed by atoms with van der Waals surface area (Å²) >= 11 is 0. The lowest BCUT2D eigenvalue weighted by atomic mass is 10.0. The van der Waals surface area contributed by atoms with Gasteiger partial charge < -0.3 is 9.64 Å². The Bertz CT molecular complexity index is 157. The molecule has 0 spiro atoms. The van der Waals surface area contributed by atoms with Crippen LogP contribution >= 0.6 is 0 Å². The Morgan fingerprint density at radius 3 is 2.43 bits per heavy atom. The first-order chi connectivity index (χ1) is 6.61. The van der Waals surface area contributed by atoms with E-state index in [2.05, 4.69) is 6.92 Å². The molecule has 3 nitrogen and oxygen atoms in total. The number of ether oxygens (including phenoxy) is 1. The van der Waals surface area contributed by atoms with Crippen molar-refractivity contribution >= 4 is 5.97 Å². The van der Waals surface area contributed by atoms with E-state index in [1.165, 1.54) is 0 Å². The Morgan fingerprint density at radius 1 is 1.36 bits per heavy atom. The summed E-state index contributed by atoms with van der Waals surface area (Å²) in [6, 6.07) is 0. The number of carbonyl (C=O) groups is 1. The number of rotatable bonds is 7. The maximum atomic E-state index is 11.5. The lowest BCUT2D eigenvalue weighted by molar-refractivity contribution is -0.149. The molecule has 1 unspecified atom stereocenters. The van der Waals surface area contributed by atoms with Crippen LogP contribution < -0.4 is 0 Å². The van der Waals surface area contributed by atoms with E-state index in [1.807, 2.05) is 25.9 Å². The molecule has 0 aliphatic heterocycles. The van der Waals surface area contributed by atoms with E-state index in [1.54, 1.807) is 0 Å². The minimum Gasteiger partial charge on any atom is -0.464 e. The summed E-state index contributed by atoms with van der Waals surface area (Å²) in [5, 5.41) is 0. The summed E-state index contributed by atoms with van der Waals surface area (Å²) in [4.78, 5) is 13.5. The lowest BCUT2D eigenvalue weighted by Gasteiger charge is -2.14. The van der Waals surface area contributed by atoms with Gasteiger partial charge in [0.2, 0.25) is 0 Å². The molecule has 0 heterocycles. The van der Waals surface area contributed by atoms with Crippen LogP contribution in [0.15, 0.2) is 0 Å². The van der Waals surface area contributed by atoms with Gasteiger partial charge in [-0.15, -0.1) is 0 Å². The third-order valence-electron chi connectivity index (χ3n) is 2.25. The molecular formula is C11H23NO2. The van der Waals surface area contributed by atoms with Crippen LogP contribution in [0.25, 0.3) is 0 Å². The molecule has 0 radical (unpaired) electrons. The molecule has 84 valence electrons. The van der Waals surface area contributed by atoms with Crippen LogP contribution in [-0.2, 0) is 9.53 Å². The summed E-state index contributed by atoms with van der Waals surface area (Å²) in [7, 11) is 3.94. The SMILES string of the molecule is CCCC(CC)C(=O)OCCN(C)C. The molecule has 1 atom stereocenters. The molecule has 0 aromatic carbocycles. The van der Waals surface area contributed by atoms with Crippen molar-refractivity contribution in [1.29, 1.82) is 0 Å². The van der Waals surface area contributed by atoms with Gasteiger partial charge in [0, 0.05) is 6.54 Å². The van der Waals surface area contributed by atoms with Gasteiger partial charge in [-0.25, -0.2) is 0 Å². The summed E-state index contributed by atoms with van der Waals surface area (Å²) < 4.78 is 5.18. The van der Waals surface area contributed by atoms with E-state index in [0.29, 0.717) is 6.61 Å². The summed E-state index contributed by atoms with van der Waals surface area (Å²) in [6.45, 7) is 5.43. The van der Waals surface area contributed by atoms with Gasteiger partial charge in [0.1, 0.15) is 6.61 Å². The molecule has 0 fully saturated rings. The van der Waals surface area contributed by atoms with Gasteiger partial charge in [-0.3, -0.25) is 4.79 Å². The first-order valence-electron chi connectivity index (χ1n) is 5.43. The molecule has 0 aliphatic carbocycles. The molecule has 14 heavy (non-hydrogen) atoms. The second-order valence-electron chi connectivity index (χ2n) is 3.86. The second-order valence-corrected chi connectivity index (χ2v) is 3.86. The van der Waals surface area contributed by atoms with Gasteiger partial charge >= 0.3 is 5.97 Å². The molecule has 0 saturated heterocycles. The topological polar surface area (TPSA) is 29.5 Å².